The number of fused-ring (bicyclic) bond motifs is 1. The van der Waals surface area contributed by atoms with E-state index in [9.17, 15) is 52.1 Å². The number of phenolic OH excluding ortho intramolecular Hbond substituents is 1. The van der Waals surface area contributed by atoms with Crippen LogP contribution in [0.15, 0.2) is 98.9 Å². The Kier molecular flexibility index (Phi) is 40.4. The maximum Gasteiger partial charge on any atom is 1.00 e. The van der Waals surface area contributed by atoms with Crippen LogP contribution in [0.4, 0.5) is 28.4 Å². The summed E-state index contributed by atoms with van der Waals surface area (Å²) in [5.41, 5.74) is -0.584. The van der Waals surface area contributed by atoms with Crippen molar-refractivity contribution in [3.8, 4) is 11.5 Å². The van der Waals surface area contributed by atoms with E-state index < -0.39 is 74.7 Å². The standard InChI is InChI=1S/C65H83Cl2N5O19S2.2Na/c1-6-8-10-12-14-16-18-20-22-24-34-84-63(77)42(3)87-65(79)46-27-33-52(67)54(38-46)70-62(76)60(61(75)69-53-36-45(26-32-51(53)66)41-85-64(78)43(4)89-86-35-25-23-21-19-17-15-13-11-9-7-2)88-49-30-28-48(29-31-49)71-72-58-56(92-91-90-80)39-47-37-50(93(81,82)83)40-55(68-44(5)73)57(47)59(58)74;;/h26-33,36-40,42-43,60,74,80H,6-25,34-35,41H2,1-5H3,(H,68,73)(H,69,75)(H,70,76)(H,81,82,83);;/q;2*+1/p-2. The number of ether oxygens (including phenoxy) is 4. The molecule has 0 bridgehead atoms. The van der Waals surface area contributed by atoms with Gasteiger partial charge in [-0.3, -0.25) is 19.4 Å². The summed E-state index contributed by atoms with van der Waals surface area (Å²) in [4.78, 5) is 89.7. The molecule has 0 aliphatic carbocycles. The minimum Gasteiger partial charge on any atom is -0.744 e. The van der Waals surface area contributed by atoms with E-state index >= 15 is 0 Å². The molecule has 0 aromatic heterocycles. The number of phenols is 1. The molecule has 24 nitrogen and oxygen atoms in total. The number of carbonyl (C=O) groups is 6. The molecule has 0 fully saturated rings. The number of unbranched alkanes of at least 4 members (excludes halogenated alkanes) is 18. The van der Waals surface area contributed by atoms with Gasteiger partial charge in [0.1, 0.15) is 28.2 Å². The Morgan fingerprint density at radius 1 is 0.632 bits per heavy atom. The van der Waals surface area contributed by atoms with Crippen molar-refractivity contribution in [3.05, 3.63) is 100 Å². The Hall–Kier alpha value is -4.98. The smallest absolute Gasteiger partial charge is 0.744 e. The predicted octanol–water partition coefficient (Wildman–Crippen LogP) is 8.70. The summed E-state index contributed by atoms with van der Waals surface area (Å²) in [6, 6.07) is 16.3. The first-order valence-corrected chi connectivity index (χ1v) is 34.0. The Morgan fingerprint density at radius 2 is 1.17 bits per heavy atom. The topological polar surface area (TPSA) is 338 Å². The van der Waals surface area contributed by atoms with Crippen LogP contribution in [0.1, 0.15) is 179 Å². The van der Waals surface area contributed by atoms with Crippen molar-refractivity contribution >= 4 is 120 Å². The fourth-order valence-electron chi connectivity index (χ4n) is 9.33. The number of nitrogens with one attached hydrogen (secondary N) is 3. The molecule has 4 N–H and O–H groups in total. The van der Waals surface area contributed by atoms with Crippen LogP contribution in [-0.4, -0.2) is 85.2 Å². The Labute approximate surface area is 613 Å². The van der Waals surface area contributed by atoms with Gasteiger partial charge in [-0.1, -0.05) is 159 Å². The fraction of sp³-hybridized carbons (Fsp3) is 0.477. The van der Waals surface area contributed by atoms with E-state index in [1.54, 1.807) is 6.07 Å². The van der Waals surface area contributed by atoms with Crippen molar-refractivity contribution in [3.63, 3.8) is 0 Å². The molecule has 3 atom stereocenters. The van der Waals surface area contributed by atoms with Gasteiger partial charge in [0.25, 0.3) is 17.9 Å². The first-order chi connectivity index (χ1) is 44.6. The maximum atomic E-state index is 14.4. The zero-order valence-corrected chi connectivity index (χ0v) is 61.9. The van der Waals surface area contributed by atoms with Crippen molar-refractivity contribution < 1.29 is 149 Å². The molecule has 5 aromatic carbocycles. The average molecular weight is 1420 g/mol. The van der Waals surface area contributed by atoms with Gasteiger partial charge in [0.05, 0.1) is 73.4 Å². The van der Waals surface area contributed by atoms with Crippen molar-refractivity contribution in [2.75, 3.05) is 29.2 Å². The average Bonchev–Trinajstić information content (AvgIpc) is 0.763. The van der Waals surface area contributed by atoms with Crippen LogP contribution in [0, 0.1) is 0 Å². The second kappa shape index (κ2) is 45.6. The first-order valence-electron chi connectivity index (χ1n) is 31.0. The molecule has 0 spiro atoms. The molecule has 5 rings (SSSR count). The third kappa shape index (κ3) is 30.0. The molecule has 30 heteroatoms. The fourth-order valence-corrected chi connectivity index (χ4v) is 10.7. The van der Waals surface area contributed by atoms with Crippen molar-refractivity contribution in [1.82, 2.24) is 0 Å². The van der Waals surface area contributed by atoms with Gasteiger partial charge < -0.3 is 49.8 Å². The molecule has 3 unspecified atom stereocenters. The predicted molar refractivity (Wildman–Crippen MR) is 347 cm³/mol. The largest absolute Gasteiger partial charge is 1.00 e. The molecule has 0 saturated heterocycles. The molecular weight excluding hydrogens is 1340 g/mol. The summed E-state index contributed by atoms with van der Waals surface area (Å²) < 4.78 is 62.8. The van der Waals surface area contributed by atoms with Crippen LogP contribution in [0.2, 0.25) is 10.0 Å². The van der Waals surface area contributed by atoms with E-state index in [4.69, 9.17) is 51.9 Å². The molecule has 0 heterocycles. The third-order valence-corrected chi connectivity index (χ3v) is 16.4. The van der Waals surface area contributed by atoms with Gasteiger partial charge in [0.15, 0.2) is 18.0 Å². The number of rotatable bonds is 43. The second-order valence-electron chi connectivity index (χ2n) is 21.9. The number of hydrogen-bond acceptors (Lipinski definition) is 22. The summed E-state index contributed by atoms with van der Waals surface area (Å²) in [5, 5.41) is 41.2. The zero-order valence-electron chi connectivity index (χ0n) is 54.8. The van der Waals surface area contributed by atoms with Crippen LogP contribution in [0.25, 0.3) is 10.8 Å². The first kappa shape index (κ1) is 84.2. The minimum atomic E-state index is -5.09. The summed E-state index contributed by atoms with van der Waals surface area (Å²) in [6.45, 7) is 8.50. The molecule has 0 saturated carbocycles. The van der Waals surface area contributed by atoms with Gasteiger partial charge >= 0.3 is 77.0 Å². The maximum absolute atomic E-state index is 14.4. The second-order valence-corrected chi connectivity index (χ2v) is 24.9. The van der Waals surface area contributed by atoms with Gasteiger partial charge in [0, 0.05) is 12.3 Å². The molecule has 0 aliphatic heterocycles. The van der Waals surface area contributed by atoms with Gasteiger partial charge in [-0.2, -0.15) is 9.45 Å². The molecule has 0 radical (unpaired) electrons. The van der Waals surface area contributed by atoms with E-state index in [1.165, 1.54) is 145 Å². The Morgan fingerprint density at radius 3 is 1.73 bits per heavy atom. The molecule has 95 heavy (non-hydrogen) atoms. The summed E-state index contributed by atoms with van der Waals surface area (Å²) in [7, 11) is -5.09. The number of nitrogens with zero attached hydrogens (tertiary/aromatic N) is 2. The summed E-state index contributed by atoms with van der Waals surface area (Å²) >= 11 is 13.4. The van der Waals surface area contributed by atoms with Gasteiger partial charge in [-0.05, 0) is 110 Å². The number of aromatic hydroxyl groups is 1. The molecule has 0 aliphatic rings. The monoisotopic (exact) mass is 1420 g/mol. The Bertz CT molecular complexity index is 3430. The zero-order chi connectivity index (χ0) is 67.7. The number of azo groups is 1. The summed E-state index contributed by atoms with van der Waals surface area (Å²) in [5.74, 6) is -6.17. The number of hydrogen-bond donors (Lipinski definition) is 4. The number of benzene rings is 5. The van der Waals surface area contributed by atoms with Crippen molar-refractivity contribution in [2.24, 2.45) is 10.2 Å². The molecular formula is C65H81Cl2N5Na2O19S2. The van der Waals surface area contributed by atoms with Crippen molar-refractivity contribution in [2.45, 2.75) is 198 Å². The Balaban J connectivity index is 0.0000118. The minimum absolute atomic E-state index is 0. The van der Waals surface area contributed by atoms with E-state index in [0.29, 0.717) is 18.6 Å². The normalized spacial score (nSPS) is 12.2. The number of carbonyl (C=O) groups excluding carboxylic acids is 6. The van der Waals surface area contributed by atoms with Crippen LogP contribution in [0.3, 0.4) is 0 Å². The van der Waals surface area contributed by atoms with Crippen LogP contribution in [-0.2, 0) is 74.1 Å². The quantitative estimate of drug-likeness (QED) is 0.00271. The van der Waals surface area contributed by atoms with Crippen LogP contribution in [0.5, 0.6) is 11.5 Å². The number of anilines is 3. The van der Waals surface area contributed by atoms with Gasteiger partial charge in [-0.25, -0.2) is 32.6 Å². The third-order valence-electron chi connectivity index (χ3n) is 14.3. The van der Waals surface area contributed by atoms with Crippen LogP contribution >= 0.6 is 35.2 Å². The van der Waals surface area contributed by atoms with E-state index in [-0.39, 0.29) is 150 Å². The summed E-state index contributed by atoms with van der Waals surface area (Å²) in [6.07, 6.45) is 18.0. The van der Waals surface area contributed by atoms with E-state index in [0.717, 1.165) is 70.4 Å². The van der Waals surface area contributed by atoms with Crippen LogP contribution < -0.4 is 85.1 Å². The molecule has 5 aromatic rings. The number of halogens is 2. The molecule has 508 valence electrons. The van der Waals surface area contributed by atoms with Gasteiger partial charge in [-0.15, -0.1) is 5.11 Å². The number of esters is 3. The number of amides is 3. The van der Waals surface area contributed by atoms with Crippen molar-refractivity contribution in [1.29, 1.82) is 0 Å². The van der Waals surface area contributed by atoms with E-state index in [1.807, 2.05) is 0 Å². The SMILES string of the molecule is CCCCCCCCCCCCOOC(C)C(=O)OCc1ccc(Cl)c(NC(=O)C(Oc2ccc(N=Nc3c(SOO[O-])cc4cc(S(=O)(=O)[O-])cc(NC(C)=O)c4c3O)cc2)C(=O)Nc2cc(C(=O)OC(C)C(=O)OCCCCCCCCCCCC)ccc2Cl)c1.[Na+].[Na+]. The molecule has 3 amide bonds. The van der Waals surface area contributed by atoms with Gasteiger partial charge in [0.2, 0.25) is 5.91 Å². The van der Waals surface area contributed by atoms with E-state index in [2.05, 4.69) is 49.4 Å².